The minimum Gasteiger partial charge on any atom is -2.00 e. The van der Waals surface area contributed by atoms with Crippen LogP contribution in [0.3, 0.4) is 0 Å². The summed E-state index contributed by atoms with van der Waals surface area (Å²) in [5.41, 5.74) is 0. The fourth-order valence-electron chi connectivity index (χ4n) is 0. The van der Waals surface area contributed by atoms with E-state index >= 15 is 0 Å². The molecule has 0 atom stereocenters. The van der Waals surface area contributed by atoms with Crippen molar-refractivity contribution >= 4 is 71.9 Å². The molecule has 0 aliphatic heterocycles. The number of hydrogen-bond donors (Lipinski definition) is 0. The molecule has 5 heteroatoms. The summed E-state index contributed by atoms with van der Waals surface area (Å²) in [7, 11) is 0. The SMILES string of the molecule is [Ba+2].[Cr].[Cu].[MgH2].[O-2]. The molecule has 0 aromatic heterocycles. The number of hydrogen-bond acceptors (Lipinski definition) is 0. The second-order valence-electron chi connectivity index (χ2n) is 0. The second kappa shape index (κ2) is 26.4. The average Bonchev–Trinajstić information content (AvgIpc) is 0. The Balaban J connectivity index is 0. The fraction of sp³-hybridized carbons (Fsp3) is 0. The molecule has 1 nitrogen and oxygen atoms in total. The predicted molar refractivity (Wildman–Crippen MR) is 15.0 cm³/mol. The van der Waals surface area contributed by atoms with Crippen LogP contribution in [-0.4, -0.2) is 71.9 Å². The Morgan fingerprint density at radius 1 is 1.00 bits per heavy atom. The topological polar surface area (TPSA) is 28.5 Å². The zero-order valence-electron chi connectivity index (χ0n) is 1.83. The zero-order valence-corrected chi connectivity index (χ0v) is 8.48. The smallest absolute Gasteiger partial charge is 2.00 e. The Bertz CT molecular complexity index is 11.6. The van der Waals surface area contributed by atoms with Gasteiger partial charge in [0.25, 0.3) is 0 Å². The third-order valence-electron chi connectivity index (χ3n) is 0. The molecule has 0 saturated carbocycles. The summed E-state index contributed by atoms with van der Waals surface area (Å²) >= 11 is 0. The normalized spacial score (nSPS) is 0. The van der Waals surface area contributed by atoms with Crippen molar-refractivity contribution in [3.05, 3.63) is 0 Å². The van der Waals surface area contributed by atoms with Crippen molar-refractivity contribution in [2.75, 3.05) is 0 Å². The van der Waals surface area contributed by atoms with Gasteiger partial charge in [0.1, 0.15) is 0 Å². The molecular formula is H2BaCrCuMgO. The first-order chi connectivity index (χ1) is 0. The molecule has 0 fully saturated rings. The Hall–Kier alpha value is 3.35. The maximum atomic E-state index is 0. The van der Waals surface area contributed by atoms with Gasteiger partial charge in [0, 0.05) is 34.4 Å². The first-order valence-electron chi connectivity index (χ1n) is 0. The van der Waals surface area contributed by atoms with Crippen molar-refractivity contribution < 1.29 is 39.9 Å². The molecule has 0 aliphatic rings. The van der Waals surface area contributed by atoms with E-state index in [1.807, 2.05) is 0 Å². The van der Waals surface area contributed by atoms with Gasteiger partial charge in [0.2, 0.25) is 0 Å². The van der Waals surface area contributed by atoms with E-state index in [2.05, 4.69) is 0 Å². The third-order valence-corrected chi connectivity index (χ3v) is 0. The standard InChI is InChI=1S/Ba.Cr.Cu.Mg.O.2H/q+2;;;;-2;;. The molecule has 0 aromatic rings. The van der Waals surface area contributed by atoms with Crippen LogP contribution in [0, 0.1) is 0 Å². The van der Waals surface area contributed by atoms with Gasteiger partial charge in [-0.25, -0.2) is 0 Å². The maximum Gasteiger partial charge on any atom is 2.00 e. The van der Waals surface area contributed by atoms with Gasteiger partial charge < -0.3 is 5.48 Å². The van der Waals surface area contributed by atoms with E-state index in [1.54, 1.807) is 0 Å². The zero-order chi connectivity index (χ0) is 0. The Labute approximate surface area is 109 Å². The van der Waals surface area contributed by atoms with Gasteiger partial charge >= 0.3 is 71.9 Å². The Kier molecular flexibility index (Phi) is 212. The fourth-order valence-corrected chi connectivity index (χ4v) is 0. The first-order valence-corrected chi connectivity index (χ1v) is 0. The van der Waals surface area contributed by atoms with Crippen LogP contribution in [0.25, 0.3) is 0 Å². The van der Waals surface area contributed by atoms with Crippen molar-refractivity contribution in [3.8, 4) is 0 Å². The second-order valence-corrected chi connectivity index (χ2v) is 0. The average molecular weight is 295 g/mol. The van der Waals surface area contributed by atoms with Gasteiger partial charge in [-0.15, -0.1) is 0 Å². The van der Waals surface area contributed by atoms with Crippen molar-refractivity contribution in [2.45, 2.75) is 0 Å². The molecule has 0 rings (SSSR count). The van der Waals surface area contributed by atoms with Crippen molar-refractivity contribution in [1.82, 2.24) is 0 Å². The van der Waals surface area contributed by atoms with Crippen LogP contribution in [0.1, 0.15) is 0 Å². The summed E-state index contributed by atoms with van der Waals surface area (Å²) < 4.78 is 0. The van der Waals surface area contributed by atoms with E-state index in [-0.39, 0.29) is 112 Å². The van der Waals surface area contributed by atoms with Crippen LogP contribution < -0.4 is 0 Å². The molecule has 0 aromatic carbocycles. The first kappa shape index (κ1) is 40.2. The largest absolute Gasteiger partial charge is 2.00 e. The quantitative estimate of drug-likeness (QED) is 0.491. The van der Waals surface area contributed by atoms with Crippen molar-refractivity contribution in [2.24, 2.45) is 0 Å². The van der Waals surface area contributed by atoms with Gasteiger partial charge in [0.15, 0.2) is 0 Å². The summed E-state index contributed by atoms with van der Waals surface area (Å²) in [4.78, 5) is 0. The minimum absolute atomic E-state index is 0. The van der Waals surface area contributed by atoms with Crippen LogP contribution in [-0.2, 0) is 39.9 Å². The molecule has 0 saturated heterocycles. The van der Waals surface area contributed by atoms with Gasteiger partial charge in [-0.05, 0) is 0 Å². The molecule has 29 valence electrons. The molecule has 5 heavy (non-hydrogen) atoms. The van der Waals surface area contributed by atoms with Gasteiger partial charge in [-0.3, -0.25) is 0 Å². The molecule has 0 spiro atoms. The summed E-state index contributed by atoms with van der Waals surface area (Å²) in [6, 6.07) is 0. The summed E-state index contributed by atoms with van der Waals surface area (Å²) in [5, 5.41) is 0. The van der Waals surface area contributed by atoms with Gasteiger partial charge in [0.05, 0.1) is 0 Å². The molecule has 0 unspecified atom stereocenters. The molecule has 0 amide bonds. The van der Waals surface area contributed by atoms with Gasteiger partial charge in [-0.1, -0.05) is 0 Å². The summed E-state index contributed by atoms with van der Waals surface area (Å²) in [5.74, 6) is 0. The number of rotatable bonds is 0. The third kappa shape index (κ3) is 18.7. The van der Waals surface area contributed by atoms with E-state index < -0.39 is 0 Å². The molecule has 0 heterocycles. The van der Waals surface area contributed by atoms with E-state index in [4.69, 9.17) is 0 Å². The van der Waals surface area contributed by atoms with Crippen LogP contribution in [0.4, 0.5) is 0 Å². The van der Waals surface area contributed by atoms with Crippen molar-refractivity contribution in [3.63, 3.8) is 0 Å². The van der Waals surface area contributed by atoms with E-state index in [1.165, 1.54) is 0 Å². The van der Waals surface area contributed by atoms with E-state index in [0.717, 1.165) is 0 Å². The van der Waals surface area contributed by atoms with E-state index in [9.17, 15) is 0 Å². The predicted octanol–water partition coefficient (Wildman–Crippen LogP) is -1.42. The molecular weight excluding hydrogens is 293 g/mol. The van der Waals surface area contributed by atoms with Crippen LogP contribution in [0.5, 0.6) is 0 Å². The molecule has 0 aliphatic carbocycles. The molecule has 0 bridgehead atoms. The minimum atomic E-state index is 0. The summed E-state index contributed by atoms with van der Waals surface area (Å²) in [6.45, 7) is 0. The van der Waals surface area contributed by atoms with Gasteiger partial charge in [-0.2, -0.15) is 0 Å². The van der Waals surface area contributed by atoms with Crippen molar-refractivity contribution in [1.29, 1.82) is 0 Å². The monoisotopic (exact) mass is 295 g/mol. The van der Waals surface area contributed by atoms with Crippen LogP contribution in [0.2, 0.25) is 0 Å². The van der Waals surface area contributed by atoms with Crippen LogP contribution in [0.15, 0.2) is 0 Å². The maximum absolute atomic E-state index is 0. The Morgan fingerprint density at radius 2 is 1.00 bits per heavy atom. The Morgan fingerprint density at radius 3 is 1.00 bits per heavy atom. The van der Waals surface area contributed by atoms with Crippen LogP contribution >= 0.6 is 0 Å². The molecule has 1 radical (unpaired) electrons. The molecule has 0 N–H and O–H groups in total. The summed E-state index contributed by atoms with van der Waals surface area (Å²) in [6.07, 6.45) is 0. The van der Waals surface area contributed by atoms with E-state index in [0.29, 0.717) is 0 Å².